The van der Waals surface area contributed by atoms with Crippen molar-refractivity contribution in [3.8, 4) is 11.8 Å². The van der Waals surface area contributed by atoms with Crippen LogP contribution in [0.3, 0.4) is 0 Å². The molecule has 2 fully saturated rings. The van der Waals surface area contributed by atoms with Gasteiger partial charge in [-0.25, -0.2) is 0 Å². The molecule has 0 saturated heterocycles. The van der Waals surface area contributed by atoms with Crippen LogP contribution in [0.15, 0.2) is 24.3 Å². The van der Waals surface area contributed by atoms with Crippen LogP contribution < -0.4 is 10.6 Å². The van der Waals surface area contributed by atoms with Crippen LogP contribution in [0.1, 0.15) is 63.5 Å². The summed E-state index contributed by atoms with van der Waals surface area (Å²) in [6.07, 6.45) is 0.375. The molecule has 2 aliphatic rings. The lowest BCUT2D eigenvalue weighted by Crippen LogP contribution is -2.53. The van der Waals surface area contributed by atoms with Gasteiger partial charge in [-0.2, -0.15) is 18.4 Å². The van der Waals surface area contributed by atoms with E-state index in [2.05, 4.69) is 16.7 Å². The minimum absolute atomic E-state index is 0.0777. The monoisotopic (exact) mass is 409 g/mol. The number of nitrogens with zero attached hydrogens (tertiary/aromatic N) is 1. The number of nitrogens with one attached hydrogen (secondary N) is 2. The van der Waals surface area contributed by atoms with Gasteiger partial charge in [-0.3, -0.25) is 10.1 Å². The van der Waals surface area contributed by atoms with E-state index in [1.165, 1.54) is 24.3 Å². The number of halogens is 3. The molecule has 158 valence electrons. The summed E-state index contributed by atoms with van der Waals surface area (Å²) in [5, 5.41) is 23.8. The molecule has 3 rings (SSSR count). The fraction of sp³-hybridized carbons (Fsp3) is 0.619. The highest BCUT2D eigenvalue weighted by Gasteiger charge is 2.48. The number of amides is 1. The van der Waals surface area contributed by atoms with Crippen molar-refractivity contribution < 1.29 is 23.1 Å². The number of hydrogen-bond acceptors (Lipinski definition) is 4. The van der Waals surface area contributed by atoms with E-state index in [1.54, 1.807) is 0 Å². The average molecular weight is 409 g/mol. The lowest BCUT2D eigenvalue weighted by Gasteiger charge is -2.33. The molecule has 1 amide bonds. The van der Waals surface area contributed by atoms with E-state index in [0.29, 0.717) is 12.8 Å². The van der Waals surface area contributed by atoms with E-state index in [1.807, 2.05) is 6.92 Å². The number of nitriles is 1. The highest BCUT2D eigenvalue weighted by Crippen LogP contribution is 2.43. The summed E-state index contributed by atoms with van der Waals surface area (Å²) in [5.41, 5.74) is -1.24. The van der Waals surface area contributed by atoms with Gasteiger partial charge in [-0.05, 0) is 55.2 Å². The first-order chi connectivity index (χ1) is 13.6. The normalized spacial score (nSPS) is 21.8. The van der Waals surface area contributed by atoms with Crippen molar-refractivity contribution in [1.29, 1.82) is 5.26 Å². The van der Waals surface area contributed by atoms with Crippen molar-refractivity contribution in [2.75, 3.05) is 0 Å². The van der Waals surface area contributed by atoms with Gasteiger partial charge in [-0.1, -0.05) is 31.9 Å². The molecule has 0 heterocycles. The second kappa shape index (κ2) is 7.86. The summed E-state index contributed by atoms with van der Waals surface area (Å²) in [6.45, 7) is 2.00. The maximum Gasteiger partial charge on any atom is 0.407 e. The van der Waals surface area contributed by atoms with Crippen molar-refractivity contribution >= 4 is 5.91 Å². The molecule has 0 aromatic heterocycles. The first kappa shape index (κ1) is 21.4. The number of rotatable bonds is 7. The molecule has 1 aromatic carbocycles. The number of hydrogen-bond donors (Lipinski definition) is 3. The molecule has 0 aliphatic heterocycles. The third kappa shape index (κ3) is 5.21. The van der Waals surface area contributed by atoms with E-state index in [4.69, 9.17) is 0 Å². The van der Waals surface area contributed by atoms with Crippen LogP contribution >= 0.6 is 0 Å². The summed E-state index contributed by atoms with van der Waals surface area (Å²) < 4.78 is 41.5. The lowest BCUT2D eigenvalue weighted by molar-refractivity contribution is -0.161. The zero-order valence-corrected chi connectivity index (χ0v) is 16.4. The second-order valence-corrected chi connectivity index (χ2v) is 8.69. The third-order valence-corrected chi connectivity index (χ3v) is 6.07. The van der Waals surface area contributed by atoms with E-state index >= 15 is 0 Å². The summed E-state index contributed by atoms with van der Waals surface area (Å²) in [4.78, 5) is 12.9. The van der Waals surface area contributed by atoms with Crippen LogP contribution in [-0.4, -0.2) is 28.8 Å². The Bertz CT molecular complexity index is 776. The van der Waals surface area contributed by atoms with Crippen LogP contribution in [0, 0.1) is 16.7 Å². The Morgan fingerprint density at radius 3 is 2.28 bits per heavy atom. The molecule has 2 aliphatic carbocycles. The first-order valence-electron chi connectivity index (χ1n) is 9.91. The maximum absolute atomic E-state index is 13.8. The van der Waals surface area contributed by atoms with E-state index in [9.17, 15) is 28.3 Å². The number of aromatic hydroxyl groups is 1. The highest BCUT2D eigenvalue weighted by molar-refractivity contribution is 5.83. The quantitative estimate of drug-likeness (QED) is 0.633. The Morgan fingerprint density at radius 1 is 1.21 bits per heavy atom. The van der Waals surface area contributed by atoms with Crippen LogP contribution in [0.25, 0.3) is 0 Å². The Morgan fingerprint density at radius 2 is 1.79 bits per heavy atom. The number of carbonyl (C=O) groups is 1. The first-order valence-corrected chi connectivity index (χ1v) is 9.91. The molecule has 0 bridgehead atoms. The molecule has 0 spiro atoms. The molecule has 8 heteroatoms. The Kier molecular flexibility index (Phi) is 5.81. The van der Waals surface area contributed by atoms with Crippen LogP contribution in [0.2, 0.25) is 0 Å². The smallest absolute Gasteiger partial charge is 0.407 e. The third-order valence-electron chi connectivity index (χ3n) is 6.07. The van der Waals surface area contributed by atoms with E-state index in [0.717, 1.165) is 25.7 Å². The number of phenols is 1. The highest BCUT2D eigenvalue weighted by atomic mass is 19.4. The maximum atomic E-state index is 13.8. The van der Waals surface area contributed by atoms with E-state index in [-0.39, 0.29) is 23.1 Å². The van der Waals surface area contributed by atoms with Crippen molar-refractivity contribution in [3.05, 3.63) is 29.8 Å². The van der Waals surface area contributed by atoms with Gasteiger partial charge in [0.1, 0.15) is 17.3 Å². The Labute approximate surface area is 168 Å². The number of carbonyl (C=O) groups excluding carboxylic acids is 1. The fourth-order valence-corrected chi connectivity index (χ4v) is 4.11. The van der Waals surface area contributed by atoms with Crippen LogP contribution in [0.5, 0.6) is 5.75 Å². The minimum atomic E-state index is -4.63. The summed E-state index contributed by atoms with van der Waals surface area (Å²) >= 11 is 0. The number of alkyl halides is 3. The van der Waals surface area contributed by atoms with Crippen molar-refractivity contribution in [3.63, 3.8) is 0 Å². The van der Waals surface area contributed by atoms with Gasteiger partial charge >= 0.3 is 6.18 Å². The summed E-state index contributed by atoms with van der Waals surface area (Å²) in [6, 6.07) is 3.70. The van der Waals surface area contributed by atoms with Gasteiger partial charge in [0.15, 0.2) is 0 Å². The van der Waals surface area contributed by atoms with Crippen molar-refractivity contribution in [1.82, 2.24) is 10.6 Å². The molecule has 29 heavy (non-hydrogen) atoms. The molecule has 1 aromatic rings. The molecule has 2 atom stereocenters. The number of benzene rings is 1. The fourth-order valence-electron chi connectivity index (χ4n) is 4.11. The Hall–Kier alpha value is -2.27. The SMILES string of the molecule is CC1(C[C@H](N[C@H](c2ccc(O)cc2)C(F)(F)F)C(=O)NC2(C#N)CC2)CCCC1. The lowest BCUT2D eigenvalue weighted by atomic mass is 9.81. The molecule has 5 nitrogen and oxygen atoms in total. The minimum Gasteiger partial charge on any atom is -0.508 e. The molecule has 0 radical (unpaired) electrons. The van der Waals surface area contributed by atoms with Gasteiger partial charge in [0.05, 0.1) is 12.1 Å². The van der Waals surface area contributed by atoms with Gasteiger partial charge < -0.3 is 10.4 Å². The molecule has 3 N–H and O–H groups in total. The molecular formula is C21H26F3N3O2. The predicted molar refractivity (Wildman–Crippen MR) is 101 cm³/mol. The number of phenolic OH excluding ortho intramolecular Hbond substituents is 1. The predicted octanol–water partition coefficient (Wildman–Crippen LogP) is 4.10. The summed E-state index contributed by atoms with van der Waals surface area (Å²) in [7, 11) is 0. The zero-order chi connectivity index (χ0) is 21.3. The standard InChI is InChI=1S/C21H26F3N3O2/c1-19(8-2-3-9-19)12-16(18(29)27-20(13-25)10-11-20)26-17(21(22,23)24)14-4-6-15(28)7-5-14/h4-7,16-17,26,28H,2-3,8-12H2,1H3,(H,27,29)/t16-,17+/m0/s1. The topological polar surface area (TPSA) is 85.2 Å². The summed E-state index contributed by atoms with van der Waals surface area (Å²) in [5.74, 6) is -0.697. The average Bonchev–Trinajstić information content (AvgIpc) is 3.30. The van der Waals surface area contributed by atoms with Crippen LogP contribution in [-0.2, 0) is 4.79 Å². The van der Waals surface area contributed by atoms with E-state index < -0.39 is 29.7 Å². The zero-order valence-electron chi connectivity index (χ0n) is 16.4. The van der Waals surface area contributed by atoms with Gasteiger partial charge in [0.2, 0.25) is 5.91 Å². The van der Waals surface area contributed by atoms with Crippen molar-refractivity contribution in [2.24, 2.45) is 5.41 Å². The van der Waals surface area contributed by atoms with Crippen LogP contribution in [0.4, 0.5) is 13.2 Å². The Balaban J connectivity index is 1.85. The molecular weight excluding hydrogens is 383 g/mol. The van der Waals surface area contributed by atoms with Gasteiger partial charge in [0, 0.05) is 0 Å². The van der Waals surface area contributed by atoms with Gasteiger partial charge in [-0.15, -0.1) is 0 Å². The largest absolute Gasteiger partial charge is 0.508 e. The molecule has 0 unspecified atom stereocenters. The molecule has 2 saturated carbocycles. The second-order valence-electron chi connectivity index (χ2n) is 8.69. The van der Waals surface area contributed by atoms with Crippen molar-refractivity contribution in [2.45, 2.75) is 75.7 Å². The van der Waals surface area contributed by atoms with Gasteiger partial charge in [0.25, 0.3) is 0 Å².